The molecule has 3 N–H and O–H groups in total. The second-order valence-corrected chi connectivity index (χ2v) is 4.99. The predicted octanol–water partition coefficient (Wildman–Crippen LogP) is 3.55. The number of hydrogen-bond acceptors (Lipinski definition) is 3. The SMILES string of the molecule is CC(C)Oc1ccc(NC(N)=NCc2ccc(F)cn2)cc1.I. The molecular formula is C16H20FIN4O. The van der Waals surface area contributed by atoms with Gasteiger partial charge in [0.15, 0.2) is 5.96 Å². The molecule has 124 valence electrons. The lowest BCUT2D eigenvalue weighted by molar-refractivity contribution is 0.242. The lowest BCUT2D eigenvalue weighted by atomic mass is 10.3. The maximum atomic E-state index is 12.7. The molecule has 1 aromatic carbocycles. The minimum Gasteiger partial charge on any atom is -0.491 e. The van der Waals surface area contributed by atoms with Gasteiger partial charge in [0, 0.05) is 5.69 Å². The van der Waals surface area contributed by atoms with Crippen LogP contribution in [0.25, 0.3) is 0 Å². The summed E-state index contributed by atoms with van der Waals surface area (Å²) in [6, 6.07) is 10.3. The van der Waals surface area contributed by atoms with Gasteiger partial charge in [-0.3, -0.25) is 4.98 Å². The molecular weight excluding hydrogens is 410 g/mol. The van der Waals surface area contributed by atoms with Crippen molar-refractivity contribution >= 4 is 35.6 Å². The summed E-state index contributed by atoms with van der Waals surface area (Å²) in [4.78, 5) is 8.07. The van der Waals surface area contributed by atoms with Crippen molar-refractivity contribution in [2.45, 2.75) is 26.5 Å². The van der Waals surface area contributed by atoms with Crippen molar-refractivity contribution in [3.8, 4) is 5.75 Å². The third-order valence-corrected chi connectivity index (χ3v) is 2.70. The van der Waals surface area contributed by atoms with Crippen molar-refractivity contribution in [1.82, 2.24) is 4.98 Å². The van der Waals surface area contributed by atoms with Gasteiger partial charge in [0.25, 0.3) is 0 Å². The summed E-state index contributed by atoms with van der Waals surface area (Å²) in [5.41, 5.74) is 7.26. The Morgan fingerprint density at radius 2 is 1.96 bits per heavy atom. The number of aliphatic imine (C=N–C) groups is 1. The number of nitrogens with two attached hydrogens (primary N) is 1. The van der Waals surface area contributed by atoms with Crippen LogP contribution in [0.4, 0.5) is 10.1 Å². The molecule has 0 fully saturated rings. The molecule has 1 aromatic heterocycles. The van der Waals surface area contributed by atoms with Crippen molar-refractivity contribution in [3.05, 3.63) is 54.1 Å². The minimum absolute atomic E-state index is 0. The van der Waals surface area contributed by atoms with Crippen molar-refractivity contribution in [3.63, 3.8) is 0 Å². The molecule has 0 amide bonds. The first-order valence-corrected chi connectivity index (χ1v) is 6.97. The van der Waals surface area contributed by atoms with Crippen LogP contribution in [-0.4, -0.2) is 17.0 Å². The molecule has 1 heterocycles. The number of ether oxygens (including phenoxy) is 1. The van der Waals surface area contributed by atoms with Crippen molar-refractivity contribution < 1.29 is 9.13 Å². The van der Waals surface area contributed by atoms with Crippen molar-refractivity contribution in [1.29, 1.82) is 0 Å². The second-order valence-electron chi connectivity index (χ2n) is 4.99. The van der Waals surface area contributed by atoms with Gasteiger partial charge in [-0.2, -0.15) is 0 Å². The van der Waals surface area contributed by atoms with E-state index in [1.165, 1.54) is 6.07 Å². The van der Waals surface area contributed by atoms with E-state index in [1.807, 2.05) is 38.1 Å². The van der Waals surface area contributed by atoms with Crippen LogP contribution in [0.3, 0.4) is 0 Å². The number of anilines is 1. The third-order valence-electron chi connectivity index (χ3n) is 2.70. The molecule has 0 saturated heterocycles. The van der Waals surface area contributed by atoms with Crippen LogP contribution in [0.1, 0.15) is 19.5 Å². The third kappa shape index (κ3) is 6.81. The van der Waals surface area contributed by atoms with Gasteiger partial charge < -0.3 is 15.8 Å². The molecule has 0 unspecified atom stereocenters. The quantitative estimate of drug-likeness (QED) is 0.433. The predicted molar refractivity (Wildman–Crippen MR) is 101 cm³/mol. The van der Waals surface area contributed by atoms with Crippen LogP contribution < -0.4 is 15.8 Å². The van der Waals surface area contributed by atoms with Crippen LogP contribution in [0.5, 0.6) is 5.75 Å². The Labute approximate surface area is 152 Å². The Hall–Kier alpha value is -1.90. The Bertz CT molecular complexity index is 630. The highest BCUT2D eigenvalue weighted by Crippen LogP contribution is 2.16. The number of guanidine groups is 1. The molecule has 0 aliphatic carbocycles. The maximum Gasteiger partial charge on any atom is 0.193 e. The van der Waals surface area contributed by atoms with Crippen LogP contribution >= 0.6 is 24.0 Å². The molecule has 2 rings (SSSR count). The molecule has 23 heavy (non-hydrogen) atoms. The lowest BCUT2D eigenvalue weighted by Crippen LogP contribution is -2.22. The van der Waals surface area contributed by atoms with Crippen molar-refractivity contribution in [2.24, 2.45) is 10.7 Å². The first-order chi connectivity index (χ1) is 10.5. The van der Waals surface area contributed by atoms with E-state index < -0.39 is 0 Å². The summed E-state index contributed by atoms with van der Waals surface area (Å²) in [6.07, 6.45) is 1.29. The Kier molecular flexibility index (Phi) is 7.73. The molecule has 0 aliphatic rings. The zero-order valence-electron chi connectivity index (χ0n) is 13.0. The molecule has 0 atom stereocenters. The highest BCUT2D eigenvalue weighted by molar-refractivity contribution is 14.0. The highest BCUT2D eigenvalue weighted by Gasteiger charge is 2.00. The van der Waals surface area contributed by atoms with E-state index in [9.17, 15) is 4.39 Å². The number of nitrogens with zero attached hydrogens (tertiary/aromatic N) is 2. The summed E-state index contributed by atoms with van der Waals surface area (Å²) < 4.78 is 18.3. The van der Waals surface area contributed by atoms with Crippen LogP contribution in [0.15, 0.2) is 47.6 Å². The van der Waals surface area contributed by atoms with Crippen LogP contribution in [0.2, 0.25) is 0 Å². The minimum atomic E-state index is -0.373. The number of benzene rings is 1. The molecule has 7 heteroatoms. The summed E-state index contributed by atoms with van der Waals surface area (Å²) in [7, 11) is 0. The number of rotatable bonds is 5. The number of pyridine rings is 1. The van der Waals surface area contributed by atoms with E-state index >= 15 is 0 Å². The molecule has 0 saturated carbocycles. The van der Waals surface area contributed by atoms with Gasteiger partial charge in [0.1, 0.15) is 11.6 Å². The van der Waals surface area contributed by atoms with Crippen LogP contribution in [0, 0.1) is 5.82 Å². The fourth-order valence-corrected chi connectivity index (χ4v) is 1.74. The van der Waals surface area contributed by atoms with Gasteiger partial charge in [-0.1, -0.05) is 0 Å². The monoisotopic (exact) mass is 430 g/mol. The van der Waals surface area contributed by atoms with E-state index in [0.29, 0.717) is 5.69 Å². The highest BCUT2D eigenvalue weighted by atomic mass is 127. The zero-order valence-corrected chi connectivity index (χ0v) is 15.3. The lowest BCUT2D eigenvalue weighted by Gasteiger charge is -2.10. The van der Waals surface area contributed by atoms with Gasteiger partial charge >= 0.3 is 0 Å². The number of aromatic nitrogens is 1. The zero-order chi connectivity index (χ0) is 15.9. The Morgan fingerprint density at radius 1 is 1.26 bits per heavy atom. The van der Waals surface area contributed by atoms with E-state index in [1.54, 1.807) is 6.07 Å². The Balaban J connectivity index is 0.00000264. The number of hydrogen-bond donors (Lipinski definition) is 2. The van der Waals surface area contributed by atoms with E-state index in [2.05, 4.69) is 15.3 Å². The average molecular weight is 430 g/mol. The van der Waals surface area contributed by atoms with Gasteiger partial charge in [0.2, 0.25) is 0 Å². The van der Waals surface area contributed by atoms with E-state index in [0.717, 1.165) is 17.6 Å². The molecule has 0 spiro atoms. The summed E-state index contributed by atoms with van der Waals surface area (Å²) >= 11 is 0. The van der Waals surface area contributed by atoms with E-state index in [4.69, 9.17) is 10.5 Å². The topological polar surface area (TPSA) is 72.5 Å². The average Bonchev–Trinajstić information content (AvgIpc) is 2.48. The normalized spacial score (nSPS) is 11.0. The molecule has 0 radical (unpaired) electrons. The Morgan fingerprint density at radius 3 is 2.52 bits per heavy atom. The molecule has 2 aromatic rings. The van der Waals surface area contributed by atoms with Gasteiger partial charge in [-0.25, -0.2) is 9.38 Å². The summed E-state index contributed by atoms with van der Waals surface area (Å²) in [5, 5.41) is 2.97. The largest absolute Gasteiger partial charge is 0.491 e. The molecule has 0 aliphatic heterocycles. The second kappa shape index (κ2) is 9.29. The van der Waals surface area contributed by atoms with Gasteiger partial charge in [-0.15, -0.1) is 24.0 Å². The smallest absolute Gasteiger partial charge is 0.193 e. The fraction of sp³-hybridized carbons (Fsp3) is 0.250. The fourth-order valence-electron chi connectivity index (χ4n) is 1.74. The molecule has 0 bridgehead atoms. The molecule has 5 nitrogen and oxygen atoms in total. The van der Waals surface area contributed by atoms with Crippen molar-refractivity contribution in [2.75, 3.05) is 5.32 Å². The van der Waals surface area contributed by atoms with Gasteiger partial charge in [-0.05, 0) is 50.2 Å². The maximum absolute atomic E-state index is 12.7. The number of nitrogens with one attached hydrogen (secondary N) is 1. The number of halogens is 2. The standard InChI is InChI=1S/C16H19FN4O.HI/c1-11(2)22-15-7-5-13(6-8-15)21-16(18)20-10-14-4-3-12(17)9-19-14;/h3-9,11H,10H2,1-2H3,(H3,18,20,21);1H. The van der Waals surface area contributed by atoms with Gasteiger partial charge in [0.05, 0.1) is 24.5 Å². The summed E-state index contributed by atoms with van der Waals surface area (Å²) in [6.45, 7) is 4.23. The first kappa shape index (κ1) is 19.1. The van der Waals surface area contributed by atoms with Crippen LogP contribution in [-0.2, 0) is 6.54 Å². The summed E-state index contributed by atoms with van der Waals surface area (Å²) in [5.74, 6) is 0.692. The first-order valence-electron chi connectivity index (χ1n) is 6.97. The van der Waals surface area contributed by atoms with E-state index in [-0.39, 0.29) is 48.4 Å².